The van der Waals surface area contributed by atoms with Crippen LogP contribution in [0.15, 0.2) is 41.3 Å². The van der Waals surface area contributed by atoms with Crippen LogP contribution in [0.5, 0.6) is 17.2 Å². The number of carbonyl (C=O) groups excluding carboxylic acids is 2. The van der Waals surface area contributed by atoms with Crippen molar-refractivity contribution >= 4 is 57.8 Å². The van der Waals surface area contributed by atoms with E-state index in [-0.39, 0.29) is 22.1 Å². The van der Waals surface area contributed by atoms with Crippen LogP contribution in [-0.2, 0) is 9.59 Å². The number of hydrogen-bond donors (Lipinski definition) is 3. The van der Waals surface area contributed by atoms with Crippen molar-refractivity contribution in [2.24, 2.45) is 0 Å². The lowest BCUT2D eigenvalue weighted by Gasteiger charge is -2.14. The number of nitrogens with zero attached hydrogens (tertiary/aromatic N) is 1. The first-order valence-corrected chi connectivity index (χ1v) is 10.3. The third-order valence-corrected chi connectivity index (χ3v) is 5.77. The van der Waals surface area contributed by atoms with Gasteiger partial charge in [0.25, 0.3) is 5.91 Å². The van der Waals surface area contributed by atoms with E-state index < -0.39 is 23.5 Å². The summed E-state index contributed by atoms with van der Waals surface area (Å²) in [4.78, 5) is 37.6. The summed E-state index contributed by atoms with van der Waals surface area (Å²) in [5.41, 5.74) is 0.589. The summed E-state index contributed by atoms with van der Waals surface area (Å²) < 4.78 is 10.7. The van der Waals surface area contributed by atoms with E-state index in [1.165, 1.54) is 26.4 Å². The molecule has 9 nitrogen and oxygen atoms in total. The molecule has 0 spiro atoms. The Morgan fingerprint density at radius 3 is 2.50 bits per heavy atom. The van der Waals surface area contributed by atoms with Gasteiger partial charge in [0.05, 0.1) is 19.1 Å². The third-order valence-electron chi connectivity index (χ3n) is 4.39. The molecule has 2 aromatic rings. The maximum absolute atomic E-state index is 12.8. The zero-order valence-electron chi connectivity index (χ0n) is 16.9. The second-order valence-electron chi connectivity index (χ2n) is 6.47. The number of aromatic hydroxyl groups is 1. The number of anilines is 1. The van der Waals surface area contributed by atoms with Crippen LogP contribution >= 0.6 is 24.0 Å². The number of amides is 2. The number of aromatic carboxylic acids is 1. The lowest BCUT2D eigenvalue weighted by Crippen LogP contribution is -2.36. The minimum Gasteiger partial charge on any atom is -0.507 e. The summed E-state index contributed by atoms with van der Waals surface area (Å²) in [6, 6.07) is 8.80. The highest BCUT2D eigenvalue weighted by Crippen LogP contribution is 2.34. The van der Waals surface area contributed by atoms with E-state index in [2.05, 4.69) is 5.32 Å². The summed E-state index contributed by atoms with van der Waals surface area (Å²) in [7, 11) is 3.03. The minimum atomic E-state index is -1.29. The number of ether oxygens (including phenoxy) is 2. The molecule has 0 radical (unpaired) electrons. The number of rotatable bonds is 7. The molecular weight excluding hydrogens is 456 g/mol. The standard InChI is InChI=1S/C21H18N2O7S2/c1-29-15-6-3-11(7-16(15)30-2)8-17-19(26)23(21(31)32-17)10-18(25)22-12-4-5-13(20(27)28)14(24)9-12/h3-9,24H,10H2,1-2H3,(H,22,25)(H,27,28)/b17-8+. The predicted octanol–water partition coefficient (Wildman–Crippen LogP) is 2.95. The highest BCUT2D eigenvalue weighted by Gasteiger charge is 2.33. The Morgan fingerprint density at radius 2 is 1.88 bits per heavy atom. The fourth-order valence-electron chi connectivity index (χ4n) is 2.86. The Balaban J connectivity index is 1.71. The van der Waals surface area contributed by atoms with Crippen LogP contribution in [-0.4, -0.2) is 58.0 Å². The highest BCUT2D eigenvalue weighted by atomic mass is 32.2. The van der Waals surface area contributed by atoms with Gasteiger partial charge in [-0.3, -0.25) is 14.5 Å². The van der Waals surface area contributed by atoms with Crippen molar-refractivity contribution in [1.29, 1.82) is 0 Å². The fraction of sp³-hybridized carbons (Fsp3) is 0.143. The van der Waals surface area contributed by atoms with Crippen molar-refractivity contribution in [3.8, 4) is 17.2 Å². The fourth-order valence-corrected chi connectivity index (χ4v) is 4.12. The van der Waals surface area contributed by atoms with Gasteiger partial charge in [-0.2, -0.15) is 0 Å². The molecule has 32 heavy (non-hydrogen) atoms. The molecule has 0 unspecified atom stereocenters. The van der Waals surface area contributed by atoms with Crippen molar-refractivity contribution in [2.45, 2.75) is 0 Å². The second-order valence-corrected chi connectivity index (χ2v) is 8.14. The molecular formula is C21H18N2O7S2. The molecule has 166 valence electrons. The molecule has 0 saturated carbocycles. The molecule has 0 aromatic heterocycles. The van der Waals surface area contributed by atoms with Crippen LogP contribution in [0, 0.1) is 0 Å². The summed E-state index contributed by atoms with van der Waals surface area (Å²) in [6.45, 7) is -0.338. The van der Waals surface area contributed by atoms with Crippen LogP contribution in [0.4, 0.5) is 5.69 Å². The number of phenols is 1. The number of methoxy groups -OCH3 is 2. The maximum atomic E-state index is 12.8. The van der Waals surface area contributed by atoms with Crippen LogP contribution < -0.4 is 14.8 Å². The molecule has 0 aliphatic carbocycles. The third kappa shape index (κ3) is 5.01. The number of carboxylic acids is 1. The number of thiocarbonyl (C=S) groups is 1. The first-order chi connectivity index (χ1) is 15.2. The summed E-state index contributed by atoms with van der Waals surface area (Å²) >= 11 is 6.31. The Kier molecular flexibility index (Phi) is 7.01. The predicted molar refractivity (Wildman–Crippen MR) is 123 cm³/mol. The topological polar surface area (TPSA) is 125 Å². The minimum absolute atomic E-state index is 0.184. The molecule has 3 rings (SSSR count). The first-order valence-electron chi connectivity index (χ1n) is 9.07. The van der Waals surface area contributed by atoms with E-state index in [9.17, 15) is 19.5 Å². The lowest BCUT2D eigenvalue weighted by molar-refractivity contribution is -0.126. The number of benzene rings is 2. The smallest absolute Gasteiger partial charge is 0.339 e. The van der Waals surface area contributed by atoms with Gasteiger partial charge in [-0.15, -0.1) is 0 Å². The van der Waals surface area contributed by atoms with Crippen molar-refractivity contribution in [1.82, 2.24) is 4.90 Å². The number of carboxylic acid groups (broad SMARTS) is 1. The molecule has 1 aliphatic rings. The van der Waals surface area contributed by atoms with Crippen molar-refractivity contribution in [2.75, 3.05) is 26.1 Å². The summed E-state index contributed by atoms with van der Waals surface area (Å²) in [6.07, 6.45) is 1.64. The Labute approximate surface area is 192 Å². The van der Waals surface area contributed by atoms with Gasteiger partial charge < -0.3 is 25.0 Å². The van der Waals surface area contributed by atoms with Crippen LogP contribution in [0.25, 0.3) is 6.08 Å². The van der Waals surface area contributed by atoms with Gasteiger partial charge in [-0.1, -0.05) is 30.0 Å². The Morgan fingerprint density at radius 1 is 1.16 bits per heavy atom. The van der Waals surface area contributed by atoms with Crippen molar-refractivity contribution in [3.05, 3.63) is 52.4 Å². The molecule has 1 saturated heterocycles. The number of carbonyl (C=O) groups is 3. The quantitative estimate of drug-likeness (QED) is 0.410. The Bertz CT molecular complexity index is 1150. The Hall–Kier alpha value is -3.57. The SMILES string of the molecule is COc1ccc(/C=C2/SC(=S)N(CC(=O)Nc3ccc(C(=O)O)c(O)c3)C2=O)cc1OC. The van der Waals surface area contributed by atoms with Gasteiger partial charge in [0.2, 0.25) is 5.91 Å². The lowest BCUT2D eigenvalue weighted by atomic mass is 10.2. The van der Waals surface area contributed by atoms with Crippen LogP contribution in [0.2, 0.25) is 0 Å². The van der Waals surface area contributed by atoms with E-state index >= 15 is 0 Å². The average Bonchev–Trinajstić information content (AvgIpc) is 3.00. The van der Waals surface area contributed by atoms with Gasteiger partial charge in [0.1, 0.15) is 22.2 Å². The number of nitrogens with one attached hydrogen (secondary N) is 1. The molecule has 11 heteroatoms. The van der Waals surface area contributed by atoms with E-state index in [1.54, 1.807) is 24.3 Å². The van der Waals surface area contributed by atoms with E-state index in [0.29, 0.717) is 22.0 Å². The normalized spacial score (nSPS) is 14.6. The van der Waals surface area contributed by atoms with Crippen LogP contribution in [0.1, 0.15) is 15.9 Å². The molecule has 2 amide bonds. The monoisotopic (exact) mass is 474 g/mol. The number of hydrogen-bond acceptors (Lipinski definition) is 8. The molecule has 2 aromatic carbocycles. The average molecular weight is 475 g/mol. The molecule has 3 N–H and O–H groups in total. The van der Waals surface area contributed by atoms with Gasteiger partial charge in [0.15, 0.2) is 11.5 Å². The summed E-state index contributed by atoms with van der Waals surface area (Å²) in [5, 5.41) is 21.2. The van der Waals surface area contributed by atoms with Gasteiger partial charge in [-0.25, -0.2) is 4.79 Å². The zero-order chi connectivity index (χ0) is 23.4. The van der Waals surface area contributed by atoms with Crippen molar-refractivity contribution < 1.29 is 34.1 Å². The highest BCUT2D eigenvalue weighted by molar-refractivity contribution is 8.26. The van der Waals surface area contributed by atoms with Crippen molar-refractivity contribution in [3.63, 3.8) is 0 Å². The van der Waals surface area contributed by atoms with Gasteiger partial charge in [-0.05, 0) is 35.9 Å². The maximum Gasteiger partial charge on any atom is 0.339 e. The zero-order valence-corrected chi connectivity index (χ0v) is 18.6. The van der Waals surface area contributed by atoms with E-state index in [1.807, 2.05) is 0 Å². The van der Waals surface area contributed by atoms with E-state index in [0.717, 1.165) is 22.7 Å². The van der Waals surface area contributed by atoms with E-state index in [4.69, 9.17) is 26.8 Å². The molecule has 1 fully saturated rings. The summed E-state index contributed by atoms with van der Waals surface area (Å²) in [5.74, 6) is -1.70. The van der Waals surface area contributed by atoms with Gasteiger partial charge in [0, 0.05) is 11.8 Å². The molecule has 0 bridgehead atoms. The molecule has 0 atom stereocenters. The van der Waals surface area contributed by atoms with Crippen LogP contribution in [0.3, 0.4) is 0 Å². The van der Waals surface area contributed by atoms with Gasteiger partial charge >= 0.3 is 5.97 Å². The molecule has 1 aliphatic heterocycles. The second kappa shape index (κ2) is 9.71. The first kappa shape index (κ1) is 23.1. The molecule has 1 heterocycles. The number of thioether (sulfide) groups is 1. The largest absolute Gasteiger partial charge is 0.507 e.